The summed E-state index contributed by atoms with van der Waals surface area (Å²) < 4.78 is 31.9. The van der Waals surface area contributed by atoms with Gasteiger partial charge in [0.05, 0.1) is 6.61 Å². The molecule has 0 aliphatic heterocycles. The highest BCUT2D eigenvalue weighted by Crippen LogP contribution is 2.29. The van der Waals surface area contributed by atoms with E-state index in [4.69, 9.17) is 16.3 Å². The SMILES string of the molecule is CCOc1ccc(Cl)cc1S(=O)(=O)n1ccnc1CC. The van der Waals surface area contributed by atoms with Gasteiger partial charge in [0.25, 0.3) is 10.0 Å². The predicted molar refractivity (Wildman–Crippen MR) is 76.8 cm³/mol. The van der Waals surface area contributed by atoms with Crippen LogP contribution < -0.4 is 4.74 Å². The van der Waals surface area contributed by atoms with E-state index in [9.17, 15) is 8.42 Å². The van der Waals surface area contributed by atoms with Crippen molar-refractivity contribution in [2.24, 2.45) is 0 Å². The first-order valence-electron chi connectivity index (χ1n) is 6.20. The summed E-state index contributed by atoms with van der Waals surface area (Å²) in [7, 11) is -3.77. The maximum absolute atomic E-state index is 12.7. The Balaban J connectivity index is 2.62. The molecule has 0 aliphatic carbocycles. The first-order chi connectivity index (χ1) is 9.50. The van der Waals surface area contributed by atoms with Gasteiger partial charge < -0.3 is 4.74 Å². The second-order valence-corrected chi connectivity index (χ2v) is 6.24. The number of aromatic nitrogens is 2. The number of aryl methyl sites for hydroxylation is 1. The van der Waals surface area contributed by atoms with Gasteiger partial charge in [-0.3, -0.25) is 0 Å². The van der Waals surface area contributed by atoms with Crippen molar-refractivity contribution in [3.05, 3.63) is 41.4 Å². The van der Waals surface area contributed by atoms with Crippen molar-refractivity contribution < 1.29 is 13.2 Å². The van der Waals surface area contributed by atoms with Gasteiger partial charge >= 0.3 is 0 Å². The summed E-state index contributed by atoms with van der Waals surface area (Å²) in [4.78, 5) is 4.08. The van der Waals surface area contributed by atoms with Crippen molar-refractivity contribution in [1.82, 2.24) is 8.96 Å². The fourth-order valence-corrected chi connectivity index (χ4v) is 3.63. The van der Waals surface area contributed by atoms with Gasteiger partial charge in [0.15, 0.2) is 0 Å². The molecule has 2 rings (SSSR count). The molecule has 0 saturated heterocycles. The van der Waals surface area contributed by atoms with Crippen LogP contribution in [-0.4, -0.2) is 24.0 Å². The Bertz CT molecular complexity index is 710. The summed E-state index contributed by atoms with van der Waals surface area (Å²) in [5.74, 6) is 0.750. The molecule has 0 N–H and O–H groups in total. The summed E-state index contributed by atoms with van der Waals surface area (Å²) in [5, 5.41) is 0.338. The summed E-state index contributed by atoms with van der Waals surface area (Å²) in [6.45, 7) is 4.00. The lowest BCUT2D eigenvalue weighted by Crippen LogP contribution is -2.16. The maximum atomic E-state index is 12.7. The van der Waals surface area contributed by atoms with E-state index >= 15 is 0 Å². The van der Waals surface area contributed by atoms with Crippen LogP contribution in [0.25, 0.3) is 0 Å². The van der Waals surface area contributed by atoms with Crippen molar-refractivity contribution in [3.63, 3.8) is 0 Å². The molecule has 0 unspecified atom stereocenters. The molecule has 1 aromatic carbocycles. The van der Waals surface area contributed by atoms with E-state index in [1.807, 2.05) is 6.92 Å². The normalized spacial score (nSPS) is 11.6. The second kappa shape index (κ2) is 5.85. The standard InChI is InChI=1S/C13H15ClN2O3S/c1-3-13-15-7-8-16(13)20(17,18)12-9-10(14)5-6-11(12)19-4-2/h5-9H,3-4H2,1-2H3. The molecule has 0 fully saturated rings. The molecule has 0 bridgehead atoms. The molecular weight excluding hydrogens is 300 g/mol. The first-order valence-corrected chi connectivity index (χ1v) is 8.02. The molecule has 1 heterocycles. The number of hydrogen-bond donors (Lipinski definition) is 0. The zero-order chi connectivity index (χ0) is 14.8. The van der Waals surface area contributed by atoms with Crippen molar-refractivity contribution in [1.29, 1.82) is 0 Å². The average molecular weight is 315 g/mol. The Labute approximate surface area is 123 Å². The van der Waals surface area contributed by atoms with Crippen LogP contribution in [0, 0.1) is 0 Å². The Morgan fingerprint density at radius 1 is 1.35 bits per heavy atom. The maximum Gasteiger partial charge on any atom is 0.272 e. The molecule has 0 aliphatic rings. The molecule has 0 spiro atoms. The average Bonchev–Trinajstić information content (AvgIpc) is 2.90. The van der Waals surface area contributed by atoms with Gasteiger partial charge in [-0.05, 0) is 25.1 Å². The summed E-state index contributed by atoms with van der Waals surface area (Å²) in [5.41, 5.74) is 0. The smallest absolute Gasteiger partial charge is 0.272 e. The largest absolute Gasteiger partial charge is 0.492 e. The number of benzene rings is 1. The lowest BCUT2D eigenvalue weighted by molar-refractivity contribution is 0.331. The number of halogens is 1. The monoisotopic (exact) mass is 314 g/mol. The topological polar surface area (TPSA) is 61.2 Å². The highest BCUT2D eigenvalue weighted by molar-refractivity contribution is 7.90. The van der Waals surface area contributed by atoms with Crippen LogP contribution in [0.1, 0.15) is 19.7 Å². The molecule has 2 aromatic rings. The first kappa shape index (κ1) is 14.9. The molecule has 0 saturated carbocycles. The Morgan fingerprint density at radius 3 is 2.75 bits per heavy atom. The van der Waals surface area contributed by atoms with Gasteiger partial charge in [0.1, 0.15) is 16.5 Å². The second-order valence-electron chi connectivity index (χ2n) is 4.02. The number of rotatable bonds is 5. The fraction of sp³-hybridized carbons (Fsp3) is 0.308. The van der Waals surface area contributed by atoms with Gasteiger partial charge in [0, 0.05) is 23.8 Å². The van der Waals surface area contributed by atoms with Crippen LogP contribution in [-0.2, 0) is 16.4 Å². The van der Waals surface area contributed by atoms with Crippen molar-refractivity contribution in [2.75, 3.05) is 6.61 Å². The van der Waals surface area contributed by atoms with Gasteiger partial charge in [-0.1, -0.05) is 18.5 Å². The Morgan fingerprint density at radius 2 is 2.10 bits per heavy atom. The number of hydrogen-bond acceptors (Lipinski definition) is 4. The van der Waals surface area contributed by atoms with Crippen molar-refractivity contribution >= 4 is 21.6 Å². The molecule has 20 heavy (non-hydrogen) atoms. The van der Waals surface area contributed by atoms with Gasteiger partial charge in [-0.25, -0.2) is 17.4 Å². The molecule has 1 aromatic heterocycles. The van der Waals surface area contributed by atoms with E-state index in [1.54, 1.807) is 19.1 Å². The molecule has 0 amide bonds. The molecule has 0 atom stereocenters. The van der Waals surface area contributed by atoms with Crippen LogP contribution in [0.3, 0.4) is 0 Å². The molecule has 108 valence electrons. The molecule has 7 heteroatoms. The predicted octanol–water partition coefficient (Wildman–Crippen LogP) is 2.73. The zero-order valence-corrected chi connectivity index (χ0v) is 12.8. The minimum atomic E-state index is -3.77. The fourth-order valence-electron chi connectivity index (χ4n) is 1.85. The van der Waals surface area contributed by atoms with E-state index in [-0.39, 0.29) is 10.6 Å². The van der Waals surface area contributed by atoms with Crippen LogP contribution in [0.4, 0.5) is 0 Å². The molecular formula is C13H15ClN2O3S. The third kappa shape index (κ3) is 2.66. The van der Waals surface area contributed by atoms with Crippen molar-refractivity contribution in [2.45, 2.75) is 25.2 Å². The van der Waals surface area contributed by atoms with Crippen LogP contribution in [0.5, 0.6) is 5.75 Å². The highest BCUT2D eigenvalue weighted by atomic mass is 35.5. The number of ether oxygens (including phenoxy) is 1. The summed E-state index contributed by atoms with van der Waals surface area (Å²) >= 11 is 5.91. The van der Waals surface area contributed by atoms with E-state index in [0.717, 1.165) is 3.97 Å². The third-order valence-corrected chi connectivity index (χ3v) is 4.70. The summed E-state index contributed by atoms with van der Waals surface area (Å²) in [6, 6.07) is 4.54. The number of imidazole rings is 1. The molecule has 0 radical (unpaired) electrons. The lowest BCUT2D eigenvalue weighted by Gasteiger charge is -2.13. The van der Waals surface area contributed by atoms with E-state index in [2.05, 4.69) is 4.98 Å². The minimum absolute atomic E-state index is 0.0413. The lowest BCUT2D eigenvalue weighted by atomic mass is 10.3. The van der Waals surface area contributed by atoms with Gasteiger partial charge in [-0.15, -0.1) is 0 Å². The van der Waals surface area contributed by atoms with E-state index in [1.165, 1.54) is 18.5 Å². The van der Waals surface area contributed by atoms with Gasteiger partial charge in [-0.2, -0.15) is 0 Å². The van der Waals surface area contributed by atoms with Crippen LogP contribution >= 0.6 is 11.6 Å². The summed E-state index contributed by atoms with van der Waals surface area (Å²) in [6.07, 6.45) is 3.39. The van der Waals surface area contributed by atoms with E-state index in [0.29, 0.717) is 23.9 Å². The highest BCUT2D eigenvalue weighted by Gasteiger charge is 2.24. The van der Waals surface area contributed by atoms with Gasteiger partial charge in [0.2, 0.25) is 0 Å². The van der Waals surface area contributed by atoms with Crippen molar-refractivity contribution in [3.8, 4) is 5.75 Å². The van der Waals surface area contributed by atoms with Crippen LogP contribution in [0.15, 0.2) is 35.5 Å². The zero-order valence-electron chi connectivity index (χ0n) is 11.2. The van der Waals surface area contributed by atoms with Crippen LogP contribution in [0.2, 0.25) is 5.02 Å². The minimum Gasteiger partial charge on any atom is -0.492 e. The Kier molecular flexibility index (Phi) is 4.35. The van der Waals surface area contributed by atoms with E-state index < -0.39 is 10.0 Å². The quantitative estimate of drug-likeness (QED) is 0.851. The molecule has 5 nitrogen and oxygen atoms in total. The third-order valence-electron chi connectivity index (χ3n) is 2.74. The number of nitrogens with zero attached hydrogens (tertiary/aromatic N) is 2. The Hall–Kier alpha value is -1.53.